The predicted molar refractivity (Wildman–Crippen MR) is 63.9 cm³/mol. The molecule has 0 saturated heterocycles. The third-order valence-electron chi connectivity index (χ3n) is 2.91. The third kappa shape index (κ3) is 5.97. The second-order valence-electron chi connectivity index (χ2n) is 4.37. The fourth-order valence-electron chi connectivity index (χ4n) is 1.95. The number of hydrogen-bond acceptors (Lipinski definition) is 4. The van der Waals surface area contributed by atoms with Gasteiger partial charge in [0.05, 0.1) is 12.4 Å². The average Bonchev–Trinajstić information content (AvgIpc) is 2.25. The van der Waals surface area contributed by atoms with Gasteiger partial charge in [0, 0.05) is 5.66 Å². The van der Waals surface area contributed by atoms with Gasteiger partial charge in [-0.3, -0.25) is 9.12 Å². The summed E-state index contributed by atoms with van der Waals surface area (Å²) in [6.45, 7) is -0.254. The van der Waals surface area contributed by atoms with Crippen molar-refractivity contribution >= 4 is 17.5 Å². The standard InChI is InChI=1S/C9H19O6PS/c10-16(11,9-4-2-1-3-5-9)8-15-6-7-17(12,13)14/h9H,1-8H2,(H,10,11)(H,12,13,14). The molecule has 0 radical (unpaired) electrons. The van der Waals surface area contributed by atoms with Crippen molar-refractivity contribution in [1.82, 2.24) is 0 Å². The van der Waals surface area contributed by atoms with Crippen molar-refractivity contribution in [3.05, 3.63) is 0 Å². The Morgan fingerprint density at radius 3 is 2.35 bits per heavy atom. The van der Waals surface area contributed by atoms with Crippen molar-refractivity contribution in [3.8, 4) is 0 Å². The summed E-state index contributed by atoms with van der Waals surface area (Å²) in [7, 11) is -7.41. The van der Waals surface area contributed by atoms with Crippen LogP contribution < -0.4 is 0 Å². The van der Waals surface area contributed by atoms with Gasteiger partial charge in [-0.15, -0.1) is 0 Å². The van der Waals surface area contributed by atoms with Gasteiger partial charge in [-0.05, 0) is 12.8 Å². The topological polar surface area (TPSA) is 101 Å². The second kappa shape index (κ2) is 6.29. The summed E-state index contributed by atoms with van der Waals surface area (Å²) >= 11 is 0. The van der Waals surface area contributed by atoms with E-state index in [1.54, 1.807) is 0 Å². The zero-order valence-electron chi connectivity index (χ0n) is 9.62. The molecule has 0 bridgehead atoms. The zero-order valence-corrected chi connectivity index (χ0v) is 11.3. The SMILES string of the molecule is O=P(O)(COCCS(=O)(=O)O)C1CCCCC1. The summed E-state index contributed by atoms with van der Waals surface area (Å²) in [6, 6.07) is 0. The molecule has 2 N–H and O–H groups in total. The minimum atomic E-state index is -4.06. The van der Waals surface area contributed by atoms with Gasteiger partial charge in [-0.1, -0.05) is 19.3 Å². The summed E-state index contributed by atoms with van der Waals surface area (Å²) < 4.78 is 46.0. The van der Waals surface area contributed by atoms with E-state index in [0.29, 0.717) is 0 Å². The molecule has 1 rings (SSSR count). The molecule has 1 saturated carbocycles. The van der Waals surface area contributed by atoms with Crippen LogP contribution in [0, 0.1) is 0 Å². The van der Waals surface area contributed by atoms with Gasteiger partial charge in [0.1, 0.15) is 6.35 Å². The van der Waals surface area contributed by atoms with Crippen LogP contribution in [-0.2, 0) is 19.4 Å². The van der Waals surface area contributed by atoms with Gasteiger partial charge in [-0.25, -0.2) is 0 Å². The lowest BCUT2D eigenvalue weighted by atomic mass is 10.0. The molecule has 1 aliphatic carbocycles. The molecule has 1 unspecified atom stereocenters. The first kappa shape index (κ1) is 15.1. The van der Waals surface area contributed by atoms with Crippen molar-refractivity contribution in [2.24, 2.45) is 0 Å². The Hall–Kier alpha value is 0.0600. The van der Waals surface area contributed by atoms with E-state index >= 15 is 0 Å². The van der Waals surface area contributed by atoms with Gasteiger partial charge >= 0.3 is 0 Å². The van der Waals surface area contributed by atoms with Crippen molar-refractivity contribution in [3.63, 3.8) is 0 Å². The Kier molecular flexibility index (Phi) is 5.60. The molecule has 0 aliphatic heterocycles. The molecule has 1 fully saturated rings. The van der Waals surface area contributed by atoms with E-state index in [4.69, 9.17) is 9.29 Å². The van der Waals surface area contributed by atoms with E-state index in [1.165, 1.54) is 0 Å². The molecule has 0 aromatic rings. The molecule has 0 heterocycles. The smallest absolute Gasteiger partial charge is 0.267 e. The van der Waals surface area contributed by atoms with E-state index in [9.17, 15) is 17.9 Å². The molecule has 0 aromatic carbocycles. The molecule has 6 nitrogen and oxygen atoms in total. The van der Waals surface area contributed by atoms with Gasteiger partial charge in [0.25, 0.3) is 10.1 Å². The molecule has 1 atom stereocenters. The van der Waals surface area contributed by atoms with Crippen LogP contribution in [0.1, 0.15) is 32.1 Å². The zero-order chi connectivity index (χ0) is 12.9. The van der Waals surface area contributed by atoms with E-state index in [0.717, 1.165) is 32.1 Å². The van der Waals surface area contributed by atoms with Gasteiger partial charge in [0.15, 0.2) is 0 Å². The molecule has 0 spiro atoms. The van der Waals surface area contributed by atoms with E-state index < -0.39 is 23.2 Å². The molecule has 102 valence electrons. The maximum absolute atomic E-state index is 11.9. The van der Waals surface area contributed by atoms with Crippen LogP contribution in [0.3, 0.4) is 0 Å². The van der Waals surface area contributed by atoms with Crippen LogP contribution in [-0.4, -0.2) is 42.2 Å². The molecule has 0 amide bonds. The fraction of sp³-hybridized carbons (Fsp3) is 1.00. The summed E-state index contributed by atoms with van der Waals surface area (Å²) in [5.41, 5.74) is -0.220. The quantitative estimate of drug-likeness (QED) is 0.435. The van der Waals surface area contributed by atoms with E-state index in [2.05, 4.69) is 0 Å². The molecule has 8 heteroatoms. The number of rotatable bonds is 6. The van der Waals surface area contributed by atoms with Crippen LogP contribution >= 0.6 is 7.37 Å². The lowest BCUT2D eigenvalue weighted by molar-refractivity contribution is 0.181. The van der Waals surface area contributed by atoms with Crippen LogP contribution in [0.15, 0.2) is 0 Å². The first-order chi connectivity index (χ1) is 7.81. The largest absolute Gasteiger partial charge is 0.370 e. The van der Waals surface area contributed by atoms with E-state index in [-0.39, 0.29) is 18.6 Å². The highest BCUT2D eigenvalue weighted by atomic mass is 32.2. The Bertz CT molecular complexity index is 373. The fourth-order valence-corrected chi connectivity index (χ4v) is 4.05. The minimum absolute atomic E-state index is 0.220. The lowest BCUT2D eigenvalue weighted by Gasteiger charge is -2.26. The first-order valence-electron chi connectivity index (χ1n) is 5.66. The summed E-state index contributed by atoms with van der Waals surface area (Å²) in [4.78, 5) is 9.79. The average molecular weight is 286 g/mol. The monoisotopic (exact) mass is 286 g/mol. The maximum atomic E-state index is 11.9. The van der Waals surface area contributed by atoms with Crippen LogP contribution in [0.4, 0.5) is 0 Å². The third-order valence-corrected chi connectivity index (χ3v) is 5.80. The molecular formula is C9H19O6PS. The molecule has 17 heavy (non-hydrogen) atoms. The minimum Gasteiger partial charge on any atom is -0.370 e. The van der Waals surface area contributed by atoms with Crippen molar-refractivity contribution in [1.29, 1.82) is 0 Å². The number of hydrogen-bond donors (Lipinski definition) is 2. The van der Waals surface area contributed by atoms with Crippen LogP contribution in [0.25, 0.3) is 0 Å². The highest BCUT2D eigenvalue weighted by Crippen LogP contribution is 2.51. The first-order valence-corrected chi connectivity index (χ1v) is 9.18. The van der Waals surface area contributed by atoms with Gasteiger partial charge in [-0.2, -0.15) is 8.42 Å². The Morgan fingerprint density at radius 2 is 1.82 bits per heavy atom. The van der Waals surface area contributed by atoms with Crippen LogP contribution in [0.5, 0.6) is 0 Å². The summed E-state index contributed by atoms with van der Waals surface area (Å²) in [6.07, 6.45) is 4.15. The molecular weight excluding hydrogens is 267 g/mol. The lowest BCUT2D eigenvalue weighted by Crippen LogP contribution is -2.17. The van der Waals surface area contributed by atoms with Crippen molar-refractivity contribution in [2.75, 3.05) is 18.7 Å². The summed E-state index contributed by atoms with van der Waals surface area (Å²) in [5.74, 6) is -0.544. The number of ether oxygens (including phenoxy) is 1. The highest BCUT2D eigenvalue weighted by molar-refractivity contribution is 7.85. The summed E-state index contributed by atoms with van der Waals surface area (Å²) in [5, 5.41) is 0. The Morgan fingerprint density at radius 1 is 1.24 bits per heavy atom. The van der Waals surface area contributed by atoms with Crippen molar-refractivity contribution < 1.29 is 27.2 Å². The second-order valence-corrected chi connectivity index (χ2v) is 8.44. The Labute approximate surface area is 102 Å². The molecule has 0 aromatic heterocycles. The maximum Gasteiger partial charge on any atom is 0.267 e. The normalized spacial score (nSPS) is 22.2. The van der Waals surface area contributed by atoms with Gasteiger partial charge in [0.2, 0.25) is 7.37 Å². The highest BCUT2D eigenvalue weighted by Gasteiger charge is 2.32. The molecule has 1 aliphatic rings. The predicted octanol–water partition coefficient (Wildman–Crippen LogP) is 1.45. The Balaban J connectivity index is 2.31. The van der Waals surface area contributed by atoms with Gasteiger partial charge < -0.3 is 9.63 Å². The van der Waals surface area contributed by atoms with Crippen LogP contribution in [0.2, 0.25) is 0 Å². The van der Waals surface area contributed by atoms with E-state index in [1.807, 2.05) is 0 Å². The van der Waals surface area contributed by atoms with Crippen molar-refractivity contribution in [2.45, 2.75) is 37.8 Å².